The number of rotatable bonds is 15. The van der Waals surface area contributed by atoms with Crippen molar-refractivity contribution in [2.75, 3.05) is 19.6 Å². The van der Waals surface area contributed by atoms with E-state index >= 15 is 0 Å². The van der Waals surface area contributed by atoms with Crippen molar-refractivity contribution in [1.82, 2.24) is 4.48 Å². The van der Waals surface area contributed by atoms with Crippen LogP contribution in [0.2, 0.25) is 0 Å². The number of hydrogen-bond acceptors (Lipinski definition) is 6. The number of carbonyl (C=O) groups excluding carboxylic acids is 1. The summed E-state index contributed by atoms with van der Waals surface area (Å²) in [6.45, 7) is 7.58. The maximum atomic E-state index is 11.8. The molecule has 0 bridgehead atoms. The third-order valence-electron chi connectivity index (χ3n) is 5.42. The molecule has 0 aliphatic carbocycles. The van der Waals surface area contributed by atoms with Gasteiger partial charge in [0.2, 0.25) is 0 Å². The molecule has 0 N–H and O–H groups in total. The number of carboxylic acid groups (broad SMARTS) is 1. The topological polar surface area (TPSA) is 126 Å². The van der Waals surface area contributed by atoms with Gasteiger partial charge in [-0.15, -0.1) is 0 Å². The van der Waals surface area contributed by atoms with Gasteiger partial charge in [0.15, 0.2) is 0 Å². The lowest BCUT2D eigenvalue weighted by Crippen LogP contribution is -2.52. The first-order valence-electron chi connectivity index (χ1n) is 10.8. The summed E-state index contributed by atoms with van der Waals surface area (Å²) in [6, 6.07) is 1.80. The van der Waals surface area contributed by atoms with Crippen LogP contribution in [0.1, 0.15) is 82.5 Å². The number of hydrogen-bond donors (Lipinski definition) is 0. The van der Waals surface area contributed by atoms with Crippen LogP contribution >= 0.6 is 0 Å². The summed E-state index contributed by atoms with van der Waals surface area (Å²) >= 11 is 0. The Labute approximate surface area is 177 Å². The van der Waals surface area contributed by atoms with E-state index in [-0.39, 0.29) is 10.2 Å². The Morgan fingerprint density at radius 3 is 1.67 bits per heavy atom. The minimum Gasteiger partial charge on any atom is -0.545 e. The van der Waals surface area contributed by atoms with E-state index < -0.39 is 32.8 Å². The highest BCUT2D eigenvalue weighted by atomic mass is 16.6. The number of nitro groups is 2. The lowest BCUT2D eigenvalue weighted by atomic mass is 10.0. The molecule has 0 aliphatic heterocycles. The third kappa shape index (κ3) is 6.48. The van der Waals surface area contributed by atoms with E-state index in [0.29, 0.717) is 32.5 Å². The SMILES string of the molecule is CCCCCCCC[N+](CCC)(CCC)c1c([N+](=O)[O-])cc(C(=O)[O-])cc1[N+](=O)[O-]. The highest BCUT2D eigenvalue weighted by molar-refractivity contribution is 5.91. The molecule has 0 amide bonds. The van der Waals surface area contributed by atoms with Crippen LogP contribution in [-0.4, -0.2) is 35.5 Å². The summed E-state index contributed by atoms with van der Waals surface area (Å²) in [7, 11) is 0. The van der Waals surface area contributed by atoms with Gasteiger partial charge in [-0.1, -0.05) is 46.5 Å². The zero-order valence-electron chi connectivity index (χ0n) is 18.2. The zero-order chi connectivity index (χ0) is 22.7. The van der Waals surface area contributed by atoms with Gasteiger partial charge in [-0.3, -0.25) is 24.7 Å². The maximum absolute atomic E-state index is 11.8. The molecule has 1 aromatic rings. The molecule has 9 heteroatoms. The van der Waals surface area contributed by atoms with E-state index in [2.05, 4.69) is 6.92 Å². The average Bonchev–Trinajstić information content (AvgIpc) is 2.69. The fourth-order valence-electron chi connectivity index (χ4n) is 4.21. The third-order valence-corrected chi connectivity index (χ3v) is 5.42. The van der Waals surface area contributed by atoms with Crippen molar-refractivity contribution in [3.63, 3.8) is 0 Å². The molecule has 0 heterocycles. The van der Waals surface area contributed by atoms with Crippen LogP contribution in [0.15, 0.2) is 12.1 Å². The second-order valence-corrected chi connectivity index (χ2v) is 7.75. The summed E-state index contributed by atoms with van der Waals surface area (Å²) in [5, 5.41) is 35.0. The summed E-state index contributed by atoms with van der Waals surface area (Å²) in [5.41, 5.74) is -1.58. The van der Waals surface area contributed by atoms with Crippen molar-refractivity contribution < 1.29 is 19.7 Å². The number of carbonyl (C=O) groups is 1. The number of unbranched alkanes of at least 4 members (excludes halogenated alkanes) is 5. The lowest BCUT2D eigenvalue weighted by Gasteiger charge is -2.37. The van der Waals surface area contributed by atoms with E-state index in [4.69, 9.17) is 0 Å². The Kier molecular flexibility index (Phi) is 10.4. The summed E-state index contributed by atoms with van der Waals surface area (Å²) < 4.78 is 0.112. The van der Waals surface area contributed by atoms with Crippen LogP contribution in [-0.2, 0) is 0 Å². The summed E-state index contributed by atoms with van der Waals surface area (Å²) in [5.74, 6) is -1.67. The molecule has 9 nitrogen and oxygen atoms in total. The van der Waals surface area contributed by atoms with Gasteiger partial charge in [0.25, 0.3) is 5.69 Å². The molecule has 0 saturated carbocycles. The predicted octanol–water partition coefficient (Wildman–Crippen LogP) is 4.35. The van der Waals surface area contributed by atoms with Gasteiger partial charge in [0.1, 0.15) is 0 Å². The van der Waals surface area contributed by atoms with Crippen molar-refractivity contribution in [1.29, 1.82) is 0 Å². The fraction of sp³-hybridized carbons (Fsp3) is 0.667. The molecular weight excluding hydrogens is 390 g/mol. The van der Waals surface area contributed by atoms with Crippen LogP contribution in [0.25, 0.3) is 0 Å². The number of aromatic carboxylic acids is 1. The Morgan fingerprint density at radius 1 is 0.800 bits per heavy atom. The standard InChI is InChI=1S/C21H33N3O6/c1-4-7-8-9-10-11-14-24(12-5-2,13-6-3)20-18(22(27)28)15-17(21(25)26)16-19(20)23(29)30/h15-16H,4-14H2,1-3H3. The normalized spacial score (nSPS) is 11.4. The molecule has 1 rings (SSSR count). The molecule has 0 aliphatic rings. The van der Waals surface area contributed by atoms with Crippen molar-refractivity contribution in [3.05, 3.63) is 37.9 Å². The fourth-order valence-corrected chi connectivity index (χ4v) is 4.21. The number of nitro benzene ring substituents is 2. The molecule has 30 heavy (non-hydrogen) atoms. The molecule has 0 fully saturated rings. The van der Waals surface area contributed by atoms with Gasteiger partial charge < -0.3 is 9.90 Å². The minimum atomic E-state index is -1.67. The molecule has 0 saturated heterocycles. The molecule has 0 radical (unpaired) electrons. The van der Waals surface area contributed by atoms with Crippen LogP contribution in [0.5, 0.6) is 0 Å². The van der Waals surface area contributed by atoms with Crippen molar-refractivity contribution in [3.8, 4) is 0 Å². The minimum absolute atomic E-state index is 0.00672. The van der Waals surface area contributed by atoms with E-state index in [1.807, 2.05) is 13.8 Å². The van der Waals surface area contributed by atoms with Crippen molar-refractivity contribution in [2.45, 2.75) is 72.1 Å². The highest BCUT2D eigenvalue weighted by Gasteiger charge is 2.43. The summed E-state index contributed by atoms with van der Waals surface area (Å²) in [4.78, 5) is 33.5. The van der Waals surface area contributed by atoms with Crippen molar-refractivity contribution >= 4 is 23.0 Å². The first-order valence-corrected chi connectivity index (χ1v) is 10.8. The van der Waals surface area contributed by atoms with E-state index in [1.165, 1.54) is 0 Å². The molecule has 0 unspecified atom stereocenters. The average molecular weight is 424 g/mol. The van der Waals surface area contributed by atoms with Gasteiger partial charge in [0.05, 0.1) is 35.5 Å². The predicted molar refractivity (Wildman–Crippen MR) is 114 cm³/mol. The Hall–Kier alpha value is -2.55. The summed E-state index contributed by atoms with van der Waals surface area (Å²) in [6.07, 6.45) is 7.59. The highest BCUT2D eigenvalue weighted by Crippen LogP contribution is 2.43. The largest absolute Gasteiger partial charge is 0.545 e. The molecule has 0 atom stereocenters. The van der Waals surface area contributed by atoms with Gasteiger partial charge in [-0.25, -0.2) is 0 Å². The Morgan fingerprint density at radius 2 is 1.27 bits per heavy atom. The van der Waals surface area contributed by atoms with E-state index in [0.717, 1.165) is 50.7 Å². The van der Waals surface area contributed by atoms with Crippen LogP contribution in [0.3, 0.4) is 0 Å². The zero-order valence-corrected chi connectivity index (χ0v) is 18.2. The van der Waals surface area contributed by atoms with Crippen LogP contribution in [0, 0.1) is 20.2 Å². The Bertz CT molecular complexity index is 709. The quantitative estimate of drug-likeness (QED) is 0.179. The Balaban J connectivity index is 3.54. The monoisotopic (exact) mass is 423 g/mol. The molecule has 0 aromatic heterocycles. The first-order chi connectivity index (χ1) is 14.2. The molecule has 168 valence electrons. The molecular formula is C21H33N3O6. The second kappa shape index (κ2) is 12.2. The first kappa shape index (κ1) is 25.5. The van der Waals surface area contributed by atoms with Crippen LogP contribution < -0.4 is 9.59 Å². The van der Waals surface area contributed by atoms with E-state index in [9.17, 15) is 30.1 Å². The molecule has 1 aromatic carbocycles. The number of benzene rings is 1. The van der Waals surface area contributed by atoms with E-state index in [1.54, 1.807) is 0 Å². The smallest absolute Gasteiger partial charge is 0.337 e. The van der Waals surface area contributed by atoms with Gasteiger partial charge in [-0.2, -0.15) is 0 Å². The van der Waals surface area contributed by atoms with Gasteiger partial charge >= 0.3 is 11.4 Å². The van der Waals surface area contributed by atoms with Crippen molar-refractivity contribution in [2.24, 2.45) is 0 Å². The van der Waals surface area contributed by atoms with Crippen LogP contribution in [0.4, 0.5) is 17.1 Å². The maximum Gasteiger partial charge on any atom is 0.337 e. The number of quaternary nitrogens is 1. The lowest BCUT2D eigenvalue weighted by molar-refractivity contribution is -0.394. The number of carboxylic acids is 1. The number of nitrogens with zero attached hydrogens (tertiary/aromatic N) is 3. The molecule has 0 spiro atoms. The van der Waals surface area contributed by atoms with Gasteiger partial charge in [-0.05, 0) is 25.7 Å². The second-order valence-electron chi connectivity index (χ2n) is 7.75. The van der Waals surface area contributed by atoms with Gasteiger partial charge in [0, 0.05) is 17.7 Å².